The third-order valence-corrected chi connectivity index (χ3v) is 3.66. The van der Waals surface area contributed by atoms with Gasteiger partial charge < -0.3 is 10.6 Å². The fraction of sp³-hybridized carbons (Fsp3) is 0.533. The van der Waals surface area contributed by atoms with E-state index in [9.17, 15) is 9.18 Å². The van der Waals surface area contributed by atoms with E-state index in [2.05, 4.69) is 17.6 Å². The van der Waals surface area contributed by atoms with Crippen LogP contribution in [-0.4, -0.2) is 11.9 Å². The van der Waals surface area contributed by atoms with Gasteiger partial charge in [0.25, 0.3) is 0 Å². The highest BCUT2D eigenvalue weighted by molar-refractivity contribution is 5.89. The molecule has 1 saturated carbocycles. The number of hydrogen-bond donors (Lipinski definition) is 2. The van der Waals surface area contributed by atoms with Gasteiger partial charge in [-0.1, -0.05) is 6.92 Å². The van der Waals surface area contributed by atoms with Crippen LogP contribution < -0.4 is 10.6 Å². The zero-order valence-electron chi connectivity index (χ0n) is 11.5. The fourth-order valence-corrected chi connectivity index (χ4v) is 2.54. The lowest BCUT2D eigenvalue weighted by atomic mass is 9.87. The molecule has 0 unspecified atom stereocenters. The lowest BCUT2D eigenvalue weighted by molar-refractivity contribution is -0.114. The molecule has 0 aliphatic heterocycles. The first kappa shape index (κ1) is 13.8. The van der Waals surface area contributed by atoms with Crippen LogP contribution in [0.5, 0.6) is 0 Å². The molecule has 0 bridgehead atoms. The van der Waals surface area contributed by atoms with Crippen LogP contribution in [0, 0.1) is 11.7 Å². The summed E-state index contributed by atoms with van der Waals surface area (Å²) >= 11 is 0. The van der Waals surface area contributed by atoms with Gasteiger partial charge in [-0.05, 0) is 49.8 Å². The number of carbonyl (C=O) groups excluding carboxylic acids is 1. The second-order valence-corrected chi connectivity index (χ2v) is 5.48. The van der Waals surface area contributed by atoms with E-state index in [1.807, 2.05) is 0 Å². The van der Waals surface area contributed by atoms with E-state index in [-0.39, 0.29) is 11.7 Å². The van der Waals surface area contributed by atoms with Crippen LogP contribution in [-0.2, 0) is 4.79 Å². The van der Waals surface area contributed by atoms with Gasteiger partial charge in [-0.2, -0.15) is 0 Å². The molecule has 1 fully saturated rings. The van der Waals surface area contributed by atoms with Gasteiger partial charge in [-0.15, -0.1) is 0 Å². The van der Waals surface area contributed by atoms with E-state index in [4.69, 9.17) is 0 Å². The first-order valence-corrected chi connectivity index (χ1v) is 6.88. The molecule has 1 aliphatic carbocycles. The normalized spacial score (nSPS) is 22.9. The molecule has 0 heterocycles. The maximum atomic E-state index is 13.8. The molecule has 2 rings (SSSR count). The first-order valence-electron chi connectivity index (χ1n) is 6.88. The summed E-state index contributed by atoms with van der Waals surface area (Å²) in [6, 6.07) is 4.96. The van der Waals surface area contributed by atoms with Crippen molar-refractivity contribution in [3.05, 3.63) is 24.0 Å². The molecule has 104 valence electrons. The average molecular weight is 264 g/mol. The molecule has 0 aromatic heterocycles. The first-order chi connectivity index (χ1) is 9.04. The fourth-order valence-electron chi connectivity index (χ4n) is 2.54. The predicted octanol–water partition coefficient (Wildman–Crippen LogP) is 3.77. The monoisotopic (exact) mass is 264 g/mol. The lowest BCUT2D eigenvalue weighted by Crippen LogP contribution is -2.25. The Balaban J connectivity index is 2.04. The van der Waals surface area contributed by atoms with Gasteiger partial charge in [0.15, 0.2) is 0 Å². The number of carbonyl (C=O) groups is 1. The Hall–Kier alpha value is -1.58. The minimum Gasteiger partial charge on any atom is -0.380 e. The summed E-state index contributed by atoms with van der Waals surface area (Å²) in [6.45, 7) is 3.70. The SMILES string of the molecule is CC(=O)Nc1ccc(F)c(NC2CCC(C)CC2)c1. The van der Waals surface area contributed by atoms with E-state index in [0.717, 1.165) is 18.8 Å². The van der Waals surface area contributed by atoms with Crippen molar-refractivity contribution >= 4 is 17.3 Å². The highest BCUT2D eigenvalue weighted by atomic mass is 19.1. The van der Waals surface area contributed by atoms with E-state index in [0.29, 0.717) is 17.4 Å². The summed E-state index contributed by atoms with van der Waals surface area (Å²) in [7, 11) is 0. The molecule has 0 radical (unpaired) electrons. The van der Waals surface area contributed by atoms with Crippen LogP contribution in [0.1, 0.15) is 39.5 Å². The third kappa shape index (κ3) is 3.94. The van der Waals surface area contributed by atoms with Gasteiger partial charge in [0.1, 0.15) is 5.82 Å². The number of nitrogens with one attached hydrogen (secondary N) is 2. The van der Waals surface area contributed by atoms with Crippen molar-refractivity contribution in [2.75, 3.05) is 10.6 Å². The Kier molecular flexibility index (Phi) is 4.40. The summed E-state index contributed by atoms with van der Waals surface area (Å²) in [4.78, 5) is 11.0. The second-order valence-electron chi connectivity index (χ2n) is 5.48. The standard InChI is InChI=1S/C15H21FN2O/c1-10-3-5-12(6-4-10)18-15-9-13(17-11(2)19)7-8-14(15)16/h7-10,12,18H,3-6H2,1-2H3,(H,17,19). The Bertz CT molecular complexity index is 453. The zero-order chi connectivity index (χ0) is 13.8. The molecular weight excluding hydrogens is 243 g/mol. The van der Waals surface area contributed by atoms with Gasteiger partial charge in [0.05, 0.1) is 5.69 Å². The minimum absolute atomic E-state index is 0.149. The topological polar surface area (TPSA) is 41.1 Å². The van der Waals surface area contributed by atoms with Crippen molar-refractivity contribution < 1.29 is 9.18 Å². The summed E-state index contributed by atoms with van der Waals surface area (Å²) < 4.78 is 13.8. The van der Waals surface area contributed by atoms with Crippen molar-refractivity contribution in [2.45, 2.75) is 45.6 Å². The number of hydrogen-bond acceptors (Lipinski definition) is 2. The molecule has 4 heteroatoms. The Morgan fingerprint density at radius 3 is 2.58 bits per heavy atom. The number of rotatable bonds is 3. The predicted molar refractivity (Wildman–Crippen MR) is 75.7 cm³/mol. The number of halogens is 1. The number of benzene rings is 1. The van der Waals surface area contributed by atoms with Crippen molar-refractivity contribution in [2.24, 2.45) is 5.92 Å². The zero-order valence-corrected chi connectivity index (χ0v) is 11.5. The molecular formula is C15H21FN2O. The largest absolute Gasteiger partial charge is 0.380 e. The van der Waals surface area contributed by atoms with Crippen LogP contribution in [0.3, 0.4) is 0 Å². The van der Waals surface area contributed by atoms with Crippen LogP contribution in [0.4, 0.5) is 15.8 Å². The van der Waals surface area contributed by atoms with Crippen molar-refractivity contribution in [3.8, 4) is 0 Å². The van der Waals surface area contributed by atoms with Crippen LogP contribution in [0.2, 0.25) is 0 Å². The molecule has 1 aromatic carbocycles. The molecule has 0 saturated heterocycles. The summed E-state index contributed by atoms with van der Waals surface area (Å²) in [5, 5.41) is 5.93. The maximum Gasteiger partial charge on any atom is 0.221 e. The quantitative estimate of drug-likeness (QED) is 0.872. The molecule has 2 N–H and O–H groups in total. The van der Waals surface area contributed by atoms with Gasteiger partial charge in [0, 0.05) is 18.7 Å². The van der Waals surface area contributed by atoms with Crippen LogP contribution >= 0.6 is 0 Å². The van der Waals surface area contributed by atoms with Gasteiger partial charge in [-0.3, -0.25) is 4.79 Å². The van der Waals surface area contributed by atoms with Crippen LogP contribution in [0.15, 0.2) is 18.2 Å². The molecule has 0 spiro atoms. The highest BCUT2D eigenvalue weighted by Gasteiger charge is 2.19. The van der Waals surface area contributed by atoms with Gasteiger partial charge >= 0.3 is 0 Å². The minimum atomic E-state index is -0.271. The second kappa shape index (κ2) is 6.04. The Morgan fingerprint density at radius 2 is 1.95 bits per heavy atom. The smallest absolute Gasteiger partial charge is 0.221 e. The van der Waals surface area contributed by atoms with Crippen LogP contribution in [0.25, 0.3) is 0 Å². The van der Waals surface area contributed by atoms with Gasteiger partial charge in [0.2, 0.25) is 5.91 Å². The van der Waals surface area contributed by atoms with E-state index < -0.39 is 0 Å². The molecule has 0 atom stereocenters. The average Bonchev–Trinajstić information content (AvgIpc) is 2.35. The Labute approximate surface area is 113 Å². The van der Waals surface area contributed by atoms with Gasteiger partial charge in [-0.25, -0.2) is 4.39 Å². The lowest BCUT2D eigenvalue weighted by Gasteiger charge is -2.28. The summed E-state index contributed by atoms with van der Waals surface area (Å²) in [5.41, 5.74) is 1.10. The van der Waals surface area contributed by atoms with Crippen molar-refractivity contribution in [1.82, 2.24) is 0 Å². The molecule has 1 aromatic rings. The van der Waals surface area contributed by atoms with Crippen molar-refractivity contribution in [1.29, 1.82) is 0 Å². The van der Waals surface area contributed by atoms with E-state index >= 15 is 0 Å². The highest BCUT2D eigenvalue weighted by Crippen LogP contribution is 2.28. The number of amides is 1. The molecule has 1 aliphatic rings. The molecule has 19 heavy (non-hydrogen) atoms. The summed E-state index contributed by atoms with van der Waals surface area (Å²) in [5.74, 6) is 0.352. The number of anilines is 2. The van der Waals surface area contributed by atoms with E-state index in [1.54, 1.807) is 12.1 Å². The Morgan fingerprint density at radius 1 is 1.26 bits per heavy atom. The summed E-state index contributed by atoms with van der Waals surface area (Å²) in [6.07, 6.45) is 4.52. The van der Waals surface area contributed by atoms with Crippen molar-refractivity contribution in [3.63, 3.8) is 0 Å². The molecule has 1 amide bonds. The molecule has 3 nitrogen and oxygen atoms in total. The third-order valence-electron chi connectivity index (χ3n) is 3.66. The maximum absolute atomic E-state index is 13.8. The van der Waals surface area contributed by atoms with E-state index in [1.165, 1.54) is 25.8 Å².